The third-order valence-electron chi connectivity index (χ3n) is 6.50. The summed E-state index contributed by atoms with van der Waals surface area (Å²) in [6, 6.07) is 0. The van der Waals surface area contributed by atoms with Crippen molar-refractivity contribution in [2.75, 3.05) is 0 Å². The minimum absolute atomic E-state index is 0.282. The number of hydrogen-bond acceptors (Lipinski definition) is 0. The van der Waals surface area contributed by atoms with E-state index in [0.29, 0.717) is 5.41 Å². The highest BCUT2D eigenvalue weighted by Crippen LogP contribution is 2.32. The molecule has 0 unspecified atom stereocenters. The van der Waals surface area contributed by atoms with Crippen LogP contribution in [0.1, 0.15) is 191 Å². The predicted octanol–water partition coefficient (Wildman–Crippen LogP) is 16.7. The second-order valence-corrected chi connectivity index (χ2v) is 18.2. The second-order valence-electron chi connectivity index (χ2n) is 18.2. The van der Waals surface area contributed by atoms with Crippen molar-refractivity contribution in [2.24, 2.45) is 64.6 Å². The van der Waals surface area contributed by atoms with Crippen molar-refractivity contribution >= 4 is 0 Å². The Kier molecular flexibility index (Phi) is 41.7. The van der Waals surface area contributed by atoms with Crippen molar-refractivity contribution in [3.05, 3.63) is 0 Å². The first-order valence-corrected chi connectivity index (χ1v) is 18.6. The standard InChI is InChI=1S/C10H20.C8H18.C6H14.C5H9F3.C4H8F2.2C4H10/c1-8(2)10-6-4-9(3)5-7-10;1-7(2)6-8(3,4)5;1-5(2)6(3)4;1-4(2)3-5(6,7)8;1-3(2)4(5)6;2*1-4(2)3/h8-10H,4-7H2,1-3H3;7H,6H2,1-5H3;5-6H,1-4H3;4H,3H2,1-2H3;3-4H,1-2H3;2*4H,1-3H3. The van der Waals surface area contributed by atoms with Gasteiger partial charge in [-0.3, -0.25) is 0 Å². The van der Waals surface area contributed by atoms with Crippen LogP contribution in [0, 0.1) is 64.6 Å². The Hall–Kier alpha value is -0.350. The molecule has 0 nitrogen and oxygen atoms in total. The zero-order valence-electron chi connectivity index (χ0n) is 35.5. The molecule has 0 aromatic heterocycles. The summed E-state index contributed by atoms with van der Waals surface area (Å²) in [6.45, 7) is 46.5. The number of halogens is 5. The smallest absolute Gasteiger partial charge is 0.210 e. The maximum Gasteiger partial charge on any atom is 0.389 e. The number of hydrogen-bond donors (Lipinski definition) is 0. The molecule has 1 rings (SSSR count). The molecule has 1 fully saturated rings. The fraction of sp³-hybridized carbons (Fsp3) is 1.00. The van der Waals surface area contributed by atoms with E-state index < -0.39 is 24.9 Å². The Labute approximate surface area is 289 Å². The molecule has 0 N–H and O–H groups in total. The Morgan fingerprint density at radius 3 is 0.848 bits per heavy atom. The largest absolute Gasteiger partial charge is 0.389 e. The van der Waals surface area contributed by atoms with Crippen LogP contribution in [-0.4, -0.2) is 12.6 Å². The molecule has 0 heterocycles. The van der Waals surface area contributed by atoms with Crippen LogP contribution in [-0.2, 0) is 0 Å². The lowest BCUT2D eigenvalue weighted by Crippen LogP contribution is -2.16. The van der Waals surface area contributed by atoms with Crippen LogP contribution in [0.15, 0.2) is 0 Å². The van der Waals surface area contributed by atoms with Crippen molar-refractivity contribution in [1.82, 2.24) is 0 Å². The first kappa shape index (κ1) is 57.9. The summed E-state index contributed by atoms with van der Waals surface area (Å²) in [6.07, 6.45) is 0.447. The van der Waals surface area contributed by atoms with Crippen LogP contribution in [0.2, 0.25) is 0 Å². The molecular formula is C41H89F5. The van der Waals surface area contributed by atoms with Gasteiger partial charge < -0.3 is 0 Å². The Morgan fingerprint density at radius 1 is 0.500 bits per heavy atom. The Balaban J connectivity index is -0.000000104. The molecule has 5 heteroatoms. The number of alkyl halides is 5. The van der Waals surface area contributed by atoms with Gasteiger partial charge in [0.05, 0.1) is 0 Å². The minimum atomic E-state index is -3.98. The van der Waals surface area contributed by atoms with E-state index in [0.717, 1.165) is 47.3 Å². The molecule has 0 atom stereocenters. The summed E-state index contributed by atoms with van der Waals surface area (Å²) in [5, 5.41) is 0. The lowest BCUT2D eigenvalue weighted by Gasteiger charge is -2.28. The van der Waals surface area contributed by atoms with Crippen molar-refractivity contribution in [3.63, 3.8) is 0 Å². The van der Waals surface area contributed by atoms with E-state index in [-0.39, 0.29) is 5.92 Å². The fourth-order valence-electron chi connectivity index (χ4n) is 3.64. The monoisotopic (exact) mass is 677 g/mol. The maximum atomic E-state index is 11.3. The normalized spacial score (nSPS) is 16.4. The molecule has 0 aliphatic heterocycles. The highest BCUT2D eigenvalue weighted by Gasteiger charge is 2.27. The van der Waals surface area contributed by atoms with Crippen LogP contribution in [0.4, 0.5) is 22.0 Å². The van der Waals surface area contributed by atoms with Gasteiger partial charge in [-0.05, 0) is 77.9 Å². The second kappa shape index (κ2) is 33.2. The van der Waals surface area contributed by atoms with Crippen molar-refractivity contribution < 1.29 is 22.0 Å². The predicted molar refractivity (Wildman–Crippen MR) is 202 cm³/mol. The van der Waals surface area contributed by atoms with Crippen molar-refractivity contribution in [3.8, 4) is 0 Å². The SMILES string of the molecule is CC(C)C.CC(C)C.CC(C)C(C)C.CC(C)C(F)F.CC(C)CC(C)(C)C.CC(C)CC(F)(F)F.CC1CCC(C(C)C)CC1. The third kappa shape index (κ3) is 79.3. The van der Waals surface area contributed by atoms with Gasteiger partial charge >= 0.3 is 6.18 Å². The summed E-state index contributed by atoms with van der Waals surface area (Å²) < 4.78 is 56.2. The molecule has 0 amide bonds. The number of rotatable bonds is 5. The van der Waals surface area contributed by atoms with E-state index in [1.807, 2.05) is 0 Å². The first-order valence-electron chi connectivity index (χ1n) is 18.6. The molecule has 0 saturated heterocycles. The first-order chi connectivity index (χ1) is 20.3. The summed E-state index contributed by atoms with van der Waals surface area (Å²) in [5.41, 5.74) is 0.522. The van der Waals surface area contributed by atoms with Crippen LogP contribution in [0.5, 0.6) is 0 Å². The topological polar surface area (TPSA) is 0 Å². The van der Waals surface area contributed by atoms with Crippen LogP contribution >= 0.6 is 0 Å². The lowest BCUT2D eigenvalue weighted by molar-refractivity contribution is -0.141. The highest BCUT2D eigenvalue weighted by molar-refractivity contribution is 4.71. The minimum Gasteiger partial charge on any atom is -0.210 e. The molecule has 0 aromatic rings. The van der Waals surface area contributed by atoms with E-state index in [2.05, 4.69) is 125 Å². The Morgan fingerprint density at radius 2 is 0.761 bits per heavy atom. The maximum absolute atomic E-state index is 11.3. The van der Waals surface area contributed by atoms with Gasteiger partial charge in [-0.15, -0.1) is 0 Å². The van der Waals surface area contributed by atoms with Crippen LogP contribution < -0.4 is 0 Å². The average molecular weight is 677 g/mol. The summed E-state index contributed by atoms with van der Waals surface area (Å²) in [5.74, 6) is 6.42. The summed E-state index contributed by atoms with van der Waals surface area (Å²) in [4.78, 5) is 0. The van der Waals surface area contributed by atoms with Gasteiger partial charge in [-0.25, -0.2) is 8.78 Å². The zero-order valence-corrected chi connectivity index (χ0v) is 35.5. The molecule has 46 heavy (non-hydrogen) atoms. The molecule has 1 aliphatic rings. The summed E-state index contributed by atoms with van der Waals surface area (Å²) >= 11 is 0. The highest BCUT2D eigenvalue weighted by atomic mass is 19.4. The van der Waals surface area contributed by atoms with Crippen LogP contribution in [0.3, 0.4) is 0 Å². The lowest BCUT2D eigenvalue weighted by atomic mass is 9.78. The average Bonchev–Trinajstić information content (AvgIpc) is 2.76. The molecule has 0 aromatic carbocycles. The quantitative estimate of drug-likeness (QED) is 0.254. The van der Waals surface area contributed by atoms with Gasteiger partial charge in [0.1, 0.15) is 0 Å². The molecule has 1 aliphatic carbocycles. The van der Waals surface area contributed by atoms with Gasteiger partial charge in [0.2, 0.25) is 6.43 Å². The van der Waals surface area contributed by atoms with Crippen molar-refractivity contribution in [1.29, 1.82) is 0 Å². The van der Waals surface area contributed by atoms with E-state index in [1.54, 1.807) is 13.8 Å². The van der Waals surface area contributed by atoms with Crippen molar-refractivity contribution in [2.45, 2.75) is 203 Å². The fourth-order valence-corrected chi connectivity index (χ4v) is 3.64. The molecule has 0 spiro atoms. The van der Waals surface area contributed by atoms with E-state index in [1.165, 1.54) is 46.0 Å². The van der Waals surface area contributed by atoms with Crippen LogP contribution in [0.25, 0.3) is 0 Å². The van der Waals surface area contributed by atoms with E-state index in [9.17, 15) is 22.0 Å². The zero-order chi connectivity index (χ0) is 38.6. The molecule has 0 bridgehead atoms. The molecule has 288 valence electrons. The third-order valence-corrected chi connectivity index (χ3v) is 6.50. The van der Waals surface area contributed by atoms with E-state index >= 15 is 0 Å². The molecular weight excluding hydrogens is 587 g/mol. The van der Waals surface area contributed by atoms with E-state index in [4.69, 9.17) is 0 Å². The molecule has 1 saturated carbocycles. The van der Waals surface area contributed by atoms with Gasteiger partial charge in [0.25, 0.3) is 0 Å². The van der Waals surface area contributed by atoms with Gasteiger partial charge in [-0.2, -0.15) is 13.2 Å². The van der Waals surface area contributed by atoms with Gasteiger partial charge in [-0.1, -0.05) is 165 Å². The molecule has 0 radical (unpaired) electrons. The van der Waals surface area contributed by atoms with Gasteiger partial charge in [0, 0.05) is 12.3 Å². The Bertz CT molecular complexity index is 501. The summed E-state index contributed by atoms with van der Waals surface area (Å²) in [7, 11) is 0. The van der Waals surface area contributed by atoms with Gasteiger partial charge in [0.15, 0.2) is 0 Å².